The number of hydrogen-bond donors (Lipinski definition) is 2. The highest BCUT2D eigenvalue weighted by molar-refractivity contribution is 6.30. The molecule has 0 saturated carbocycles. The Balaban J connectivity index is 1.70. The average Bonchev–Trinajstić information content (AvgIpc) is 2.63. The number of aromatic carboxylic acids is 1. The van der Waals surface area contributed by atoms with E-state index in [2.05, 4.69) is 17.4 Å². The maximum absolute atomic E-state index is 11.1. The first-order valence-corrected chi connectivity index (χ1v) is 8.84. The first-order valence-electron chi connectivity index (χ1n) is 8.46. The van der Waals surface area contributed by atoms with Gasteiger partial charge in [-0.1, -0.05) is 35.9 Å². The van der Waals surface area contributed by atoms with E-state index in [-0.39, 0.29) is 5.41 Å². The standard InChI is InChI=1S/C20H22ClNO3/c21-18-6-4-17(5-7-18)20(8-10-25-11-9-20)14-22-13-15-2-1-3-16(12-15)19(23)24/h1-7,12,22H,8-11,13-14H2,(H,23,24). The van der Waals surface area contributed by atoms with Crippen molar-refractivity contribution in [3.8, 4) is 0 Å². The molecule has 0 aromatic heterocycles. The summed E-state index contributed by atoms with van der Waals surface area (Å²) >= 11 is 6.03. The Labute approximate surface area is 152 Å². The molecule has 25 heavy (non-hydrogen) atoms. The molecule has 2 aromatic carbocycles. The van der Waals surface area contributed by atoms with Gasteiger partial charge in [-0.15, -0.1) is 0 Å². The molecule has 0 amide bonds. The minimum absolute atomic E-state index is 0.0211. The Hall–Kier alpha value is -1.88. The third kappa shape index (κ3) is 4.40. The smallest absolute Gasteiger partial charge is 0.335 e. The molecule has 1 aliphatic heterocycles. The number of halogens is 1. The predicted octanol–water partition coefficient (Wildman–Crippen LogP) is 3.88. The van der Waals surface area contributed by atoms with Gasteiger partial charge in [0, 0.05) is 36.7 Å². The first kappa shape index (κ1) is 17.9. The van der Waals surface area contributed by atoms with Crippen LogP contribution in [-0.2, 0) is 16.7 Å². The number of ether oxygens (including phenoxy) is 1. The molecule has 132 valence electrons. The van der Waals surface area contributed by atoms with Crippen LogP contribution in [0, 0.1) is 0 Å². The fourth-order valence-electron chi connectivity index (χ4n) is 3.39. The summed E-state index contributed by atoms with van der Waals surface area (Å²) in [6.07, 6.45) is 1.91. The van der Waals surface area contributed by atoms with E-state index in [1.165, 1.54) is 5.56 Å². The lowest BCUT2D eigenvalue weighted by Crippen LogP contribution is -2.42. The van der Waals surface area contributed by atoms with Crippen LogP contribution in [0.25, 0.3) is 0 Å². The summed E-state index contributed by atoms with van der Waals surface area (Å²) in [4.78, 5) is 11.1. The second-order valence-corrected chi connectivity index (χ2v) is 6.95. The average molecular weight is 360 g/mol. The Bertz CT molecular complexity index is 724. The van der Waals surface area contributed by atoms with Gasteiger partial charge in [-0.05, 0) is 48.2 Å². The monoisotopic (exact) mass is 359 g/mol. The quantitative estimate of drug-likeness (QED) is 0.821. The van der Waals surface area contributed by atoms with Gasteiger partial charge in [0.25, 0.3) is 0 Å². The van der Waals surface area contributed by atoms with Crippen molar-refractivity contribution in [2.45, 2.75) is 24.8 Å². The summed E-state index contributed by atoms with van der Waals surface area (Å²) in [6.45, 7) is 2.95. The zero-order chi connectivity index (χ0) is 17.7. The highest BCUT2D eigenvalue weighted by Crippen LogP contribution is 2.35. The van der Waals surface area contributed by atoms with Gasteiger partial charge in [0.1, 0.15) is 0 Å². The van der Waals surface area contributed by atoms with Crippen LogP contribution >= 0.6 is 11.6 Å². The highest BCUT2D eigenvalue weighted by atomic mass is 35.5. The molecule has 5 heteroatoms. The van der Waals surface area contributed by atoms with Crippen molar-refractivity contribution in [2.24, 2.45) is 0 Å². The molecule has 0 atom stereocenters. The molecule has 1 saturated heterocycles. The Morgan fingerprint density at radius 2 is 1.88 bits per heavy atom. The highest BCUT2D eigenvalue weighted by Gasteiger charge is 2.34. The summed E-state index contributed by atoms with van der Waals surface area (Å²) in [5.74, 6) is -0.899. The fraction of sp³-hybridized carbons (Fsp3) is 0.350. The van der Waals surface area contributed by atoms with Crippen LogP contribution in [0.5, 0.6) is 0 Å². The lowest BCUT2D eigenvalue weighted by molar-refractivity contribution is 0.0497. The first-order chi connectivity index (χ1) is 12.1. The van der Waals surface area contributed by atoms with Crippen LogP contribution < -0.4 is 5.32 Å². The Kier molecular flexibility index (Phi) is 5.74. The predicted molar refractivity (Wildman–Crippen MR) is 98.3 cm³/mol. The molecule has 3 rings (SSSR count). The van der Waals surface area contributed by atoms with Gasteiger partial charge in [0.2, 0.25) is 0 Å². The van der Waals surface area contributed by atoms with E-state index in [0.717, 1.165) is 43.2 Å². The van der Waals surface area contributed by atoms with Crippen LogP contribution in [0.2, 0.25) is 5.02 Å². The molecule has 0 spiro atoms. The zero-order valence-corrected chi connectivity index (χ0v) is 14.8. The number of carbonyl (C=O) groups is 1. The van der Waals surface area contributed by atoms with Crippen molar-refractivity contribution in [2.75, 3.05) is 19.8 Å². The molecule has 1 fully saturated rings. The normalized spacial score (nSPS) is 16.5. The summed E-state index contributed by atoms with van der Waals surface area (Å²) in [5, 5.41) is 13.4. The van der Waals surface area contributed by atoms with Gasteiger partial charge >= 0.3 is 5.97 Å². The minimum Gasteiger partial charge on any atom is -0.478 e. The van der Waals surface area contributed by atoms with Gasteiger partial charge in [-0.3, -0.25) is 0 Å². The summed E-state index contributed by atoms with van der Waals surface area (Å²) in [5.41, 5.74) is 2.58. The summed E-state index contributed by atoms with van der Waals surface area (Å²) < 4.78 is 5.56. The molecule has 0 aliphatic carbocycles. The number of benzene rings is 2. The lowest BCUT2D eigenvalue weighted by atomic mass is 9.74. The van der Waals surface area contributed by atoms with Crippen molar-refractivity contribution >= 4 is 17.6 Å². The maximum atomic E-state index is 11.1. The molecule has 2 aromatic rings. The van der Waals surface area contributed by atoms with E-state index in [0.29, 0.717) is 12.1 Å². The lowest BCUT2D eigenvalue weighted by Gasteiger charge is -2.38. The Morgan fingerprint density at radius 1 is 1.16 bits per heavy atom. The second-order valence-electron chi connectivity index (χ2n) is 6.51. The number of hydrogen-bond acceptors (Lipinski definition) is 3. The van der Waals surface area contributed by atoms with Crippen molar-refractivity contribution in [1.29, 1.82) is 0 Å². The van der Waals surface area contributed by atoms with Gasteiger partial charge in [0.15, 0.2) is 0 Å². The molecule has 2 N–H and O–H groups in total. The van der Waals surface area contributed by atoms with Crippen LogP contribution in [0.4, 0.5) is 0 Å². The molecule has 4 nitrogen and oxygen atoms in total. The van der Waals surface area contributed by atoms with E-state index >= 15 is 0 Å². The molecule has 0 radical (unpaired) electrons. The third-order valence-electron chi connectivity index (χ3n) is 4.87. The molecule has 1 aliphatic rings. The van der Waals surface area contributed by atoms with E-state index < -0.39 is 5.97 Å². The second kappa shape index (κ2) is 8.00. The van der Waals surface area contributed by atoms with Crippen LogP contribution in [0.15, 0.2) is 48.5 Å². The fourth-order valence-corrected chi connectivity index (χ4v) is 3.52. The number of rotatable bonds is 6. The molecular weight excluding hydrogens is 338 g/mol. The number of carboxylic acid groups (broad SMARTS) is 1. The molecular formula is C20H22ClNO3. The number of carboxylic acids is 1. The largest absolute Gasteiger partial charge is 0.478 e. The van der Waals surface area contributed by atoms with E-state index in [9.17, 15) is 4.79 Å². The molecule has 1 heterocycles. The van der Waals surface area contributed by atoms with Crippen LogP contribution in [-0.4, -0.2) is 30.8 Å². The van der Waals surface area contributed by atoms with E-state index in [1.54, 1.807) is 18.2 Å². The van der Waals surface area contributed by atoms with E-state index in [4.69, 9.17) is 21.4 Å². The van der Waals surface area contributed by atoms with Crippen molar-refractivity contribution < 1.29 is 14.6 Å². The number of nitrogens with one attached hydrogen (secondary N) is 1. The topological polar surface area (TPSA) is 58.6 Å². The van der Waals surface area contributed by atoms with E-state index in [1.807, 2.05) is 18.2 Å². The maximum Gasteiger partial charge on any atom is 0.335 e. The molecule has 0 unspecified atom stereocenters. The zero-order valence-electron chi connectivity index (χ0n) is 14.0. The summed E-state index contributed by atoms with van der Waals surface area (Å²) in [7, 11) is 0. The van der Waals surface area contributed by atoms with Gasteiger partial charge in [-0.2, -0.15) is 0 Å². The van der Waals surface area contributed by atoms with Crippen LogP contribution in [0.3, 0.4) is 0 Å². The van der Waals surface area contributed by atoms with Gasteiger partial charge < -0.3 is 15.2 Å². The van der Waals surface area contributed by atoms with Gasteiger partial charge in [-0.25, -0.2) is 4.79 Å². The molecule has 0 bridgehead atoms. The van der Waals surface area contributed by atoms with Crippen molar-refractivity contribution in [3.63, 3.8) is 0 Å². The van der Waals surface area contributed by atoms with Crippen LogP contribution in [0.1, 0.15) is 34.3 Å². The summed E-state index contributed by atoms with van der Waals surface area (Å²) in [6, 6.07) is 15.1. The minimum atomic E-state index is -0.899. The SMILES string of the molecule is O=C(O)c1cccc(CNCC2(c3ccc(Cl)cc3)CCOCC2)c1. The third-order valence-corrected chi connectivity index (χ3v) is 5.12. The van der Waals surface area contributed by atoms with Crippen molar-refractivity contribution in [1.82, 2.24) is 5.32 Å². The Morgan fingerprint density at radius 3 is 2.56 bits per heavy atom. The van der Waals surface area contributed by atoms with Crippen molar-refractivity contribution in [3.05, 3.63) is 70.2 Å². The van der Waals surface area contributed by atoms with Gasteiger partial charge in [0.05, 0.1) is 5.56 Å².